The van der Waals surface area contributed by atoms with Crippen molar-refractivity contribution < 1.29 is 0 Å². The van der Waals surface area contributed by atoms with E-state index in [1.165, 1.54) is 27.4 Å². The number of nitrogens with one attached hydrogen (secondary N) is 1. The van der Waals surface area contributed by atoms with Gasteiger partial charge in [-0.3, -0.25) is 0 Å². The number of aromatic nitrogens is 2. The third-order valence-electron chi connectivity index (χ3n) is 2.77. The second kappa shape index (κ2) is 5.04. The Hall–Kier alpha value is -1.46. The molecule has 0 aliphatic carbocycles. The van der Waals surface area contributed by atoms with E-state index in [0.717, 1.165) is 24.5 Å². The van der Waals surface area contributed by atoms with Gasteiger partial charge in [-0.25, -0.2) is 0 Å². The van der Waals surface area contributed by atoms with Crippen LogP contribution >= 0.6 is 23.1 Å². The summed E-state index contributed by atoms with van der Waals surface area (Å²) in [6, 6.07) is 8.47. The zero-order chi connectivity index (χ0) is 12.4. The average molecular weight is 275 g/mol. The lowest BCUT2D eigenvalue weighted by Gasteiger charge is -2.04. The lowest BCUT2D eigenvalue weighted by Crippen LogP contribution is -2.01. The fraction of sp³-hybridized carbons (Fsp3) is 0.231. The summed E-state index contributed by atoms with van der Waals surface area (Å²) in [7, 11) is 0. The van der Waals surface area contributed by atoms with Crippen LogP contribution in [0.15, 0.2) is 29.6 Å². The van der Waals surface area contributed by atoms with E-state index in [0.29, 0.717) is 0 Å². The molecule has 92 valence electrons. The molecule has 0 unspecified atom stereocenters. The minimum Gasteiger partial charge on any atom is -0.367 e. The Morgan fingerprint density at radius 1 is 1.22 bits per heavy atom. The molecular weight excluding hydrogens is 262 g/mol. The highest BCUT2D eigenvalue weighted by Gasteiger charge is 2.13. The van der Waals surface area contributed by atoms with Crippen molar-refractivity contribution in [2.24, 2.45) is 0 Å². The topological polar surface area (TPSA) is 37.8 Å². The van der Waals surface area contributed by atoms with Crippen molar-refractivity contribution in [1.29, 1.82) is 0 Å². The van der Waals surface area contributed by atoms with Crippen LogP contribution in [0.3, 0.4) is 0 Å². The maximum atomic E-state index is 4.44. The second-order valence-electron chi connectivity index (χ2n) is 4.03. The molecule has 0 saturated heterocycles. The number of fused-ring (bicyclic) bond motifs is 1. The van der Waals surface area contributed by atoms with Gasteiger partial charge in [0.2, 0.25) is 0 Å². The molecule has 2 aromatic heterocycles. The van der Waals surface area contributed by atoms with Crippen LogP contribution < -0.4 is 5.32 Å². The van der Waals surface area contributed by atoms with Crippen LogP contribution in [0, 0.1) is 0 Å². The van der Waals surface area contributed by atoms with Crippen molar-refractivity contribution in [1.82, 2.24) is 8.75 Å². The Bertz CT molecular complexity index is 657. The van der Waals surface area contributed by atoms with E-state index in [9.17, 15) is 0 Å². The second-order valence-corrected chi connectivity index (χ2v) is 5.48. The van der Waals surface area contributed by atoms with Gasteiger partial charge in [0.05, 0.1) is 11.7 Å². The molecule has 0 bridgehead atoms. The number of nitrogens with zero attached hydrogens (tertiary/aromatic N) is 2. The van der Waals surface area contributed by atoms with E-state index in [1.54, 1.807) is 11.3 Å². The summed E-state index contributed by atoms with van der Waals surface area (Å²) in [5, 5.41) is 6.73. The van der Waals surface area contributed by atoms with E-state index < -0.39 is 0 Å². The molecule has 1 N–H and O–H groups in total. The fourth-order valence-electron chi connectivity index (χ4n) is 1.90. The van der Waals surface area contributed by atoms with Crippen molar-refractivity contribution in [3.05, 3.63) is 29.6 Å². The summed E-state index contributed by atoms with van der Waals surface area (Å²) >= 11 is 3.02. The highest BCUT2D eigenvalue weighted by molar-refractivity contribution is 7.17. The third-order valence-corrected chi connectivity index (χ3v) is 4.26. The van der Waals surface area contributed by atoms with Gasteiger partial charge >= 0.3 is 0 Å². The molecule has 0 aliphatic heterocycles. The molecule has 0 atom stereocenters. The van der Waals surface area contributed by atoms with E-state index in [1.807, 2.05) is 0 Å². The van der Waals surface area contributed by atoms with Gasteiger partial charge in [-0.1, -0.05) is 25.1 Å². The maximum absolute atomic E-state index is 4.44. The smallest absolute Gasteiger partial charge is 0.168 e. The summed E-state index contributed by atoms with van der Waals surface area (Å²) in [6.45, 7) is 3.07. The molecule has 1 aromatic carbocycles. The highest BCUT2D eigenvalue weighted by atomic mass is 32.1. The van der Waals surface area contributed by atoms with Crippen LogP contribution in [0.1, 0.15) is 13.3 Å². The predicted molar refractivity (Wildman–Crippen MR) is 79.5 cm³/mol. The monoisotopic (exact) mass is 275 g/mol. The molecule has 0 amide bonds. The van der Waals surface area contributed by atoms with Crippen molar-refractivity contribution in [2.45, 2.75) is 13.3 Å². The quantitative estimate of drug-likeness (QED) is 0.774. The van der Waals surface area contributed by atoms with Gasteiger partial charge in [0, 0.05) is 16.8 Å². The zero-order valence-corrected chi connectivity index (χ0v) is 11.6. The predicted octanol–water partition coefficient (Wildman–Crippen LogP) is 4.24. The minimum atomic E-state index is 0.905. The molecule has 5 heteroatoms. The SMILES string of the molecule is CCCNc1nsnc1-c1cccc2ccsc12. The molecule has 0 radical (unpaired) electrons. The number of hydrogen-bond donors (Lipinski definition) is 1. The molecule has 3 aromatic rings. The van der Waals surface area contributed by atoms with Gasteiger partial charge in [-0.2, -0.15) is 8.75 Å². The van der Waals surface area contributed by atoms with Gasteiger partial charge in [-0.15, -0.1) is 11.3 Å². The first-order valence-electron chi connectivity index (χ1n) is 5.93. The maximum Gasteiger partial charge on any atom is 0.168 e. The van der Waals surface area contributed by atoms with Crippen molar-refractivity contribution in [3.8, 4) is 11.3 Å². The van der Waals surface area contributed by atoms with E-state index in [-0.39, 0.29) is 0 Å². The first-order valence-corrected chi connectivity index (χ1v) is 7.54. The van der Waals surface area contributed by atoms with Crippen LogP contribution in [0.5, 0.6) is 0 Å². The van der Waals surface area contributed by atoms with Crippen molar-refractivity contribution in [3.63, 3.8) is 0 Å². The molecular formula is C13H13N3S2. The largest absolute Gasteiger partial charge is 0.367 e. The fourth-order valence-corrected chi connectivity index (χ4v) is 3.36. The molecule has 18 heavy (non-hydrogen) atoms. The van der Waals surface area contributed by atoms with Gasteiger partial charge in [0.25, 0.3) is 0 Å². The summed E-state index contributed by atoms with van der Waals surface area (Å²) in [6.07, 6.45) is 1.08. The molecule has 0 spiro atoms. The van der Waals surface area contributed by atoms with Gasteiger partial charge in [-0.05, 0) is 23.3 Å². The van der Waals surface area contributed by atoms with Gasteiger partial charge in [0.15, 0.2) is 5.82 Å². The number of benzene rings is 1. The molecule has 0 aliphatic rings. The van der Waals surface area contributed by atoms with Crippen LogP contribution in [-0.2, 0) is 0 Å². The Morgan fingerprint density at radius 2 is 2.17 bits per heavy atom. The molecule has 3 nitrogen and oxygen atoms in total. The molecule has 3 rings (SSSR count). The number of rotatable bonds is 4. The molecule has 0 fully saturated rings. The molecule has 0 saturated carbocycles. The summed E-state index contributed by atoms with van der Waals surface area (Å²) in [5.74, 6) is 0.905. The highest BCUT2D eigenvalue weighted by Crippen LogP contribution is 2.35. The number of anilines is 1. The normalized spacial score (nSPS) is 10.9. The summed E-state index contributed by atoms with van der Waals surface area (Å²) < 4.78 is 10.1. The van der Waals surface area contributed by atoms with Crippen LogP contribution in [0.4, 0.5) is 5.82 Å². The van der Waals surface area contributed by atoms with Crippen LogP contribution in [0.2, 0.25) is 0 Å². The first kappa shape index (κ1) is 11.6. The Balaban J connectivity index is 2.09. The first-order chi connectivity index (χ1) is 8.90. The van der Waals surface area contributed by atoms with E-state index >= 15 is 0 Å². The molecule has 2 heterocycles. The summed E-state index contributed by atoms with van der Waals surface area (Å²) in [5.41, 5.74) is 2.15. The van der Waals surface area contributed by atoms with E-state index in [4.69, 9.17) is 0 Å². The standard InChI is InChI=1S/C13H13N3S2/c1-2-7-14-13-11(15-18-16-13)10-5-3-4-9-6-8-17-12(9)10/h3-6,8H,2,7H2,1H3,(H,14,16). The summed E-state index contributed by atoms with van der Waals surface area (Å²) in [4.78, 5) is 0. The van der Waals surface area contributed by atoms with Crippen molar-refractivity contribution >= 4 is 39.0 Å². The van der Waals surface area contributed by atoms with Crippen molar-refractivity contribution in [2.75, 3.05) is 11.9 Å². The third kappa shape index (κ3) is 2.00. The van der Waals surface area contributed by atoms with Crippen LogP contribution in [-0.4, -0.2) is 15.3 Å². The average Bonchev–Trinajstić information content (AvgIpc) is 3.04. The lowest BCUT2D eigenvalue weighted by molar-refractivity contribution is 0.974. The Kier molecular flexibility index (Phi) is 3.25. The van der Waals surface area contributed by atoms with Gasteiger partial charge < -0.3 is 5.32 Å². The number of hydrogen-bond acceptors (Lipinski definition) is 5. The van der Waals surface area contributed by atoms with E-state index in [2.05, 4.69) is 50.6 Å². The Labute approximate surface area is 114 Å². The van der Waals surface area contributed by atoms with Crippen LogP contribution in [0.25, 0.3) is 21.3 Å². The minimum absolute atomic E-state index is 0.905. The lowest BCUT2D eigenvalue weighted by atomic mass is 10.1. The van der Waals surface area contributed by atoms with Gasteiger partial charge in [0.1, 0.15) is 5.69 Å². The Morgan fingerprint density at radius 3 is 3.06 bits per heavy atom. The zero-order valence-electron chi connectivity index (χ0n) is 10.0. The number of thiophene rings is 1.